The molecule has 0 unspecified atom stereocenters. The highest BCUT2D eigenvalue weighted by molar-refractivity contribution is 5.91. The molecule has 0 saturated carbocycles. The zero-order chi connectivity index (χ0) is 22.0. The summed E-state index contributed by atoms with van der Waals surface area (Å²) in [7, 11) is 0. The summed E-state index contributed by atoms with van der Waals surface area (Å²) in [6.07, 6.45) is 0.548. The minimum absolute atomic E-state index is 0.0762. The molecular weight excluding hydrogens is 402 g/mol. The van der Waals surface area contributed by atoms with E-state index in [2.05, 4.69) is 5.32 Å². The molecule has 0 spiro atoms. The van der Waals surface area contributed by atoms with Crippen molar-refractivity contribution in [3.63, 3.8) is 0 Å². The van der Waals surface area contributed by atoms with Crippen LogP contribution < -0.4 is 5.32 Å². The summed E-state index contributed by atoms with van der Waals surface area (Å²) in [6.45, 7) is 3.24. The Balaban J connectivity index is 1.92. The number of anilines is 1. The molecule has 156 valence electrons. The number of rotatable bonds is 6. The average molecular weight is 419 g/mol. The van der Waals surface area contributed by atoms with Gasteiger partial charge in [-0.05, 0) is 49.8 Å². The van der Waals surface area contributed by atoms with E-state index in [1.54, 1.807) is 6.07 Å². The molecule has 0 atom stereocenters. The summed E-state index contributed by atoms with van der Waals surface area (Å²) in [4.78, 5) is 10.8. The minimum atomic E-state index is -1.67. The first-order valence-corrected chi connectivity index (χ1v) is 8.86. The lowest BCUT2D eigenvalue weighted by atomic mass is 9.99. The van der Waals surface area contributed by atoms with Crippen LogP contribution in [-0.4, -0.2) is 11.1 Å². The van der Waals surface area contributed by atoms with Crippen LogP contribution in [0.15, 0.2) is 46.4 Å². The monoisotopic (exact) mass is 419 g/mol. The molecule has 0 saturated heterocycles. The molecule has 8 heteroatoms. The summed E-state index contributed by atoms with van der Waals surface area (Å²) in [5, 5.41) is 11.9. The van der Waals surface area contributed by atoms with Gasteiger partial charge in [0.1, 0.15) is 11.5 Å². The van der Waals surface area contributed by atoms with Crippen molar-refractivity contribution in [2.24, 2.45) is 0 Å². The number of aliphatic carboxylic acids is 1. The molecule has 2 N–H and O–H groups in total. The highest BCUT2D eigenvalue weighted by atomic mass is 19.2. The number of hydrogen-bond acceptors (Lipinski definition) is 3. The maximum Gasteiger partial charge on any atom is 0.331 e. The smallest absolute Gasteiger partial charge is 0.331 e. The number of benzene rings is 2. The van der Waals surface area contributed by atoms with E-state index < -0.39 is 45.9 Å². The molecule has 2 aromatic carbocycles. The maximum atomic E-state index is 14.5. The van der Waals surface area contributed by atoms with E-state index in [0.717, 1.165) is 12.7 Å². The highest BCUT2D eigenvalue weighted by Gasteiger charge is 2.25. The van der Waals surface area contributed by atoms with Crippen LogP contribution in [0.2, 0.25) is 0 Å². The molecule has 0 fully saturated rings. The molecule has 0 aliphatic carbocycles. The zero-order valence-corrected chi connectivity index (χ0v) is 16.0. The van der Waals surface area contributed by atoms with Gasteiger partial charge in [0.05, 0.1) is 17.7 Å². The van der Waals surface area contributed by atoms with Gasteiger partial charge in [0, 0.05) is 11.3 Å². The van der Waals surface area contributed by atoms with E-state index in [0.29, 0.717) is 24.1 Å². The van der Waals surface area contributed by atoms with E-state index in [9.17, 15) is 22.4 Å². The fraction of sp³-hybridized carbons (Fsp3) is 0.136. The van der Waals surface area contributed by atoms with Crippen LogP contribution in [0.4, 0.5) is 23.2 Å². The van der Waals surface area contributed by atoms with E-state index in [4.69, 9.17) is 9.52 Å². The third-order valence-corrected chi connectivity index (χ3v) is 4.43. The number of hydrogen-bond donors (Lipinski definition) is 2. The van der Waals surface area contributed by atoms with Gasteiger partial charge < -0.3 is 14.8 Å². The van der Waals surface area contributed by atoms with Crippen molar-refractivity contribution in [1.29, 1.82) is 0 Å². The molecule has 0 radical (unpaired) electrons. The van der Waals surface area contributed by atoms with Gasteiger partial charge in [0.25, 0.3) is 0 Å². The van der Waals surface area contributed by atoms with Crippen LogP contribution in [-0.2, 0) is 11.3 Å². The average Bonchev–Trinajstić information content (AvgIpc) is 3.14. The Morgan fingerprint density at radius 1 is 1.00 bits per heavy atom. The standard InChI is InChI=1S/C22H17F4NO3/c1-11(22(28)29)9-16-18(23)20(25)17(21(26)19(16)24)13-4-6-14(7-5-13)27-10-15-8-3-12(2)30-15/h3-9,27H,10H2,1-2H3,(H,28,29)/b11-9+. The van der Waals surface area contributed by atoms with Crippen molar-refractivity contribution in [2.75, 3.05) is 5.32 Å². The number of halogens is 4. The number of carbonyl (C=O) groups is 1. The number of nitrogens with one attached hydrogen (secondary N) is 1. The molecule has 0 amide bonds. The number of furan rings is 1. The van der Waals surface area contributed by atoms with Crippen LogP contribution in [0.1, 0.15) is 24.0 Å². The number of carboxylic acids is 1. The van der Waals surface area contributed by atoms with Crippen molar-refractivity contribution in [3.8, 4) is 11.1 Å². The molecule has 0 aliphatic heterocycles. The molecule has 30 heavy (non-hydrogen) atoms. The molecule has 3 aromatic rings. The van der Waals surface area contributed by atoms with Gasteiger partial charge in [-0.2, -0.15) is 0 Å². The van der Waals surface area contributed by atoms with Gasteiger partial charge in [0.2, 0.25) is 0 Å². The van der Waals surface area contributed by atoms with Crippen molar-refractivity contribution >= 4 is 17.7 Å². The summed E-state index contributed by atoms with van der Waals surface area (Å²) in [6, 6.07) is 9.24. The lowest BCUT2D eigenvalue weighted by molar-refractivity contribution is -0.132. The van der Waals surface area contributed by atoms with Crippen molar-refractivity contribution in [2.45, 2.75) is 20.4 Å². The molecule has 4 nitrogen and oxygen atoms in total. The molecule has 3 rings (SSSR count). The Morgan fingerprint density at radius 3 is 2.10 bits per heavy atom. The summed E-state index contributed by atoms with van der Waals surface area (Å²) < 4.78 is 63.2. The molecular formula is C22H17F4NO3. The van der Waals surface area contributed by atoms with Crippen molar-refractivity contribution in [1.82, 2.24) is 0 Å². The van der Waals surface area contributed by atoms with Gasteiger partial charge in [-0.3, -0.25) is 0 Å². The van der Waals surface area contributed by atoms with Crippen LogP contribution >= 0.6 is 0 Å². The fourth-order valence-electron chi connectivity index (χ4n) is 2.83. The van der Waals surface area contributed by atoms with Crippen molar-refractivity contribution in [3.05, 3.63) is 82.3 Å². The summed E-state index contributed by atoms with van der Waals surface area (Å²) >= 11 is 0. The van der Waals surface area contributed by atoms with Crippen LogP contribution in [0.3, 0.4) is 0 Å². The Labute approximate surface area is 169 Å². The Kier molecular flexibility index (Phi) is 5.96. The van der Waals surface area contributed by atoms with Gasteiger partial charge in [-0.1, -0.05) is 12.1 Å². The van der Waals surface area contributed by atoms with Crippen molar-refractivity contribution < 1.29 is 31.9 Å². The zero-order valence-electron chi connectivity index (χ0n) is 16.0. The van der Waals surface area contributed by atoms with E-state index in [1.165, 1.54) is 24.3 Å². The largest absolute Gasteiger partial charge is 0.478 e. The number of carboxylic acid groups (broad SMARTS) is 1. The van der Waals surface area contributed by atoms with Gasteiger partial charge >= 0.3 is 5.97 Å². The number of aryl methyl sites for hydroxylation is 1. The molecule has 0 bridgehead atoms. The first-order valence-electron chi connectivity index (χ1n) is 8.86. The quantitative estimate of drug-likeness (QED) is 0.296. The van der Waals surface area contributed by atoms with Crippen LogP contribution in [0, 0.1) is 30.2 Å². The second-order valence-electron chi connectivity index (χ2n) is 6.62. The van der Waals surface area contributed by atoms with Gasteiger partial charge in [-0.15, -0.1) is 0 Å². The Hall–Kier alpha value is -3.55. The summed E-state index contributed by atoms with van der Waals surface area (Å²) in [5.74, 6) is -6.56. The first-order chi connectivity index (χ1) is 14.2. The lowest BCUT2D eigenvalue weighted by Gasteiger charge is -2.12. The topological polar surface area (TPSA) is 62.5 Å². The maximum absolute atomic E-state index is 14.5. The predicted molar refractivity (Wildman–Crippen MR) is 104 cm³/mol. The SMILES string of the molecule is C/C(=C\c1c(F)c(F)c(-c2ccc(NCc3ccc(C)o3)cc2)c(F)c1F)C(=O)O. The normalized spacial score (nSPS) is 11.6. The second kappa shape index (κ2) is 8.44. The molecule has 1 aromatic heterocycles. The van der Waals surface area contributed by atoms with Crippen LogP contribution in [0.25, 0.3) is 17.2 Å². The Morgan fingerprint density at radius 2 is 1.60 bits per heavy atom. The fourth-order valence-corrected chi connectivity index (χ4v) is 2.83. The third kappa shape index (κ3) is 4.22. The van der Waals surface area contributed by atoms with Gasteiger partial charge in [-0.25, -0.2) is 22.4 Å². The van der Waals surface area contributed by atoms with E-state index in [1.807, 2.05) is 13.0 Å². The lowest BCUT2D eigenvalue weighted by Crippen LogP contribution is -2.05. The molecule has 1 heterocycles. The third-order valence-electron chi connectivity index (χ3n) is 4.43. The van der Waals surface area contributed by atoms with E-state index >= 15 is 0 Å². The highest BCUT2D eigenvalue weighted by Crippen LogP contribution is 2.33. The van der Waals surface area contributed by atoms with Gasteiger partial charge in [0.15, 0.2) is 23.3 Å². The Bertz CT molecular complexity index is 1110. The van der Waals surface area contributed by atoms with Crippen LogP contribution in [0.5, 0.6) is 0 Å². The first kappa shape index (κ1) is 21.2. The predicted octanol–water partition coefficient (Wildman–Crippen LogP) is 5.91. The molecule has 0 aliphatic rings. The summed E-state index contributed by atoms with van der Waals surface area (Å²) in [5.41, 5.74) is -1.90. The minimum Gasteiger partial charge on any atom is -0.478 e. The second-order valence-corrected chi connectivity index (χ2v) is 6.62. The van der Waals surface area contributed by atoms with E-state index in [-0.39, 0.29) is 5.56 Å².